The van der Waals surface area contributed by atoms with E-state index in [1.54, 1.807) is 52.0 Å². The summed E-state index contributed by atoms with van der Waals surface area (Å²) >= 11 is 0. The van der Waals surface area contributed by atoms with E-state index in [0.717, 1.165) is 22.3 Å². The largest absolute Gasteiger partial charge is 0.485 e. The van der Waals surface area contributed by atoms with Crippen molar-refractivity contribution < 1.29 is 31.5 Å². The smallest absolute Gasteiger partial charge is 0.276 e. The number of hydrogen-bond acceptors (Lipinski definition) is 7. The molecule has 0 radical (unpaired) electrons. The van der Waals surface area contributed by atoms with E-state index in [-0.39, 0.29) is 0 Å². The van der Waals surface area contributed by atoms with Crippen molar-refractivity contribution in [1.82, 2.24) is 0 Å². The molecule has 280 valence electrons. The Morgan fingerprint density at radius 1 is 0.449 bits per heavy atom. The molecule has 0 aromatic carbocycles. The standard InChI is InChI=1S/C40H68O7P2/c1-17-37(13,29-21-25-33(5)6)43-48(41,44-38(14,18-2)30-22-26-34(7)8)47-49(42,45-39(15,19-3)31-23-27-35(9)10)46-40(16,20-4)32-24-28-36(11)12/h17-20,25-28H,1-4,21-24,29-32H2,5-16H3. The molecule has 0 amide bonds. The van der Waals surface area contributed by atoms with Crippen LogP contribution in [0.1, 0.15) is 134 Å². The van der Waals surface area contributed by atoms with Crippen molar-refractivity contribution in [3.8, 4) is 0 Å². The molecule has 0 aromatic rings. The third kappa shape index (κ3) is 19.4. The molecule has 0 aliphatic carbocycles. The lowest BCUT2D eigenvalue weighted by molar-refractivity contribution is -0.00689. The van der Waals surface area contributed by atoms with Crippen LogP contribution in [0.15, 0.2) is 97.2 Å². The molecule has 0 N–H and O–H groups in total. The number of rotatable bonds is 26. The Hall–Kier alpha value is -1.82. The Labute approximate surface area is 300 Å². The Morgan fingerprint density at radius 3 is 0.776 bits per heavy atom. The summed E-state index contributed by atoms with van der Waals surface area (Å²) in [4.78, 5) is 0. The lowest BCUT2D eigenvalue weighted by atomic mass is 10.00. The van der Waals surface area contributed by atoms with E-state index in [9.17, 15) is 0 Å². The molecule has 0 fully saturated rings. The topological polar surface area (TPSA) is 80.3 Å². The molecule has 7 nitrogen and oxygen atoms in total. The van der Waals surface area contributed by atoms with Gasteiger partial charge in [0.2, 0.25) is 0 Å². The van der Waals surface area contributed by atoms with E-state index in [1.807, 2.05) is 79.7 Å². The van der Waals surface area contributed by atoms with E-state index >= 15 is 9.13 Å². The molecule has 0 aliphatic rings. The Bertz CT molecular complexity index is 1130. The first-order chi connectivity index (χ1) is 22.4. The van der Waals surface area contributed by atoms with Crippen LogP contribution in [0.4, 0.5) is 0 Å². The summed E-state index contributed by atoms with van der Waals surface area (Å²) < 4.78 is 61.5. The van der Waals surface area contributed by atoms with Gasteiger partial charge >= 0.3 is 15.6 Å². The van der Waals surface area contributed by atoms with Crippen molar-refractivity contribution >= 4 is 15.6 Å². The van der Waals surface area contributed by atoms with Gasteiger partial charge in [-0.15, -0.1) is 26.3 Å². The molecule has 0 aliphatic heterocycles. The molecule has 0 aromatic heterocycles. The number of hydrogen-bond donors (Lipinski definition) is 0. The number of phosphoric ester groups is 2. The van der Waals surface area contributed by atoms with E-state index in [1.165, 1.54) is 0 Å². The fourth-order valence-electron chi connectivity index (χ4n) is 4.58. The minimum Gasteiger partial charge on any atom is -0.276 e. The number of allylic oxidation sites excluding steroid dienone is 8. The van der Waals surface area contributed by atoms with Crippen molar-refractivity contribution in [1.29, 1.82) is 0 Å². The second-order valence-electron chi connectivity index (χ2n) is 14.7. The maximum absolute atomic E-state index is 15.1. The van der Waals surface area contributed by atoms with Gasteiger partial charge in [0.05, 0.1) is 22.4 Å². The highest BCUT2D eigenvalue weighted by Gasteiger charge is 2.51. The fraction of sp³-hybridized carbons (Fsp3) is 0.600. The van der Waals surface area contributed by atoms with E-state index in [4.69, 9.17) is 22.4 Å². The van der Waals surface area contributed by atoms with Gasteiger partial charge in [0, 0.05) is 0 Å². The van der Waals surface area contributed by atoms with Gasteiger partial charge in [-0.2, -0.15) is 4.31 Å². The van der Waals surface area contributed by atoms with Crippen molar-refractivity contribution in [2.75, 3.05) is 0 Å². The van der Waals surface area contributed by atoms with Gasteiger partial charge in [-0.3, -0.25) is 18.1 Å². The van der Waals surface area contributed by atoms with Crippen LogP contribution in [0.3, 0.4) is 0 Å². The van der Waals surface area contributed by atoms with E-state index in [0.29, 0.717) is 51.4 Å². The summed E-state index contributed by atoms with van der Waals surface area (Å²) in [6.45, 7) is 38.8. The van der Waals surface area contributed by atoms with Gasteiger partial charge in [-0.25, -0.2) is 9.13 Å². The summed E-state index contributed by atoms with van der Waals surface area (Å²) in [5.41, 5.74) is -0.313. The molecular formula is C40H68O7P2. The summed E-state index contributed by atoms with van der Waals surface area (Å²) in [6.07, 6.45) is 18.4. The predicted octanol–water partition coefficient (Wildman–Crippen LogP) is 14.0. The van der Waals surface area contributed by atoms with Crippen molar-refractivity contribution in [3.05, 3.63) is 97.2 Å². The van der Waals surface area contributed by atoms with Crippen LogP contribution < -0.4 is 0 Å². The molecule has 9 heteroatoms. The Kier molecular flexibility index (Phi) is 20.1. The highest BCUT2D eigenvalue weighted by molar-refractivity contribution is 7.62. The zero-order valence-corrected chi connectivity index (χ0v) is 34.6. The minimum absolute atomic E-state index is 0.396. The first-order valence-electron chi connectivity index (χ1n) is 17.3. The molecule has 0 heterocycles. The first-order valence-corrected chi connectivity index (χ1v) is 20.2. The van der Waals surface area contributed by atoms with E-state index in [2.05, 4.69) is 26.3 Å². The highest BCUT2D eigenvalue weighted by atomic mass is 31.3. The van der Waals surface area contributed by atoms with Crippen molar-refractivity contribution in [2.24, 2.45) is 0 Å². The molecule has 0 rings (SSSR count). The van der Waals surface area contributed by atoms with Crippen LogP contribution >= 0.6 is 15.6 Å². The van der Waals surface area contributed by atoms with Gasteiger partial charge in [0.1, 0.15) is 0 Å². The summed E-state index contributed by atoms with van der Waals surface area (Å²) in [5.74, 6) is 0. The molecular weight excluding hydrogens is 654 g/mol. The van der Waals surface area contributed by atoms with Gasteiger partial charge < -0.3 is 0 Å². The van der Waals surface area contributed by atoms with Crippen LogP contribution in [0.5, 0.6) is 0 Å². The molecule has 0 saturated heterocycles. The molecule has 0 bridgehead atoms. The minimum atomic E-state index is -4.81. The fourth-order valence-corrected chi connectivity index (χ4v) is 8.87. The molecule has 4 atom stereocenters. The monoisotopic (exact) mass is 722 g/mol. The Balaban J connectivity index is 7.33. The highest BCUT2D eigenvalue weighted by Crippen LogP contribution is 2.71. The van der Waals surface area contributed by atoms with Crippen molar-refractivity contribution in [3.63, 3.8) is 0 Å². The lowest BCUT2D eigenvalue weighted by Crippen LogP contribution is -2.32. The average molecular weight is 723 g/mol. The van der Waals surface area contributed by atoms with Gasteiger partial charge in [-0.1, -0.05) is 70.9 Å². The van der Waals surface area contributed by atoms with Crippen LogP contribution in [0.2, 0.25) is 0 Å². The SMILES string of the molecule is C=CC(C)(CCC=C(C)C)OP(=O)(OC(C)(C=C)CCC=C(C)C)OP(=O)(OC(C)(C=C)CCC=C(C)C)OC(C)(C=C)CCC=C(C)C. The molecule has 0 saturated carbocycles. The van der Waals surface area contributed by atoms with Gasteiger partial charge in [-0.05, 0) is 134 Å². The molecule has 0 spiro atoms. The third-order valence-corrected chi connectivity index (χ3v) is 12.1. The third-order valence-electron chi connectivity index (χ3n) is 7.98. The molecule has 4 unspecified atom stereocenters. The number of phosphoric acid groups is 2. The lowest BCUT2D eigenvalue weighted by Gasteiger charge is -2.39. The summed E-state index contributed by atoms with van der Waals surface area (Å²) in [5, 5.41) is 0. The maximum atomic E-state index is 15.1. The van der Waals surface area contributed by atoms with Crippen LogP contribution in [0.25, 0.3) is 0 Å². The van der Waals surface area contributed by atoms with Gasteiger partial charge in [0.25, 0.3) is 0 Å². The first kappa shape index (κ1) is 47.2. The molecule has 49 heavy (non-hydrogen) atoms. The van der Waals surface area contributed by atoms with Crippen LogP contribution in [0, 0.1) is 0 Å². The second-order valence-corrected chi connectivity index (χ2v) is 17.9. The van der Waals surface area contributed by atoms with Crippen LogP contribution in [-0.2, 0) is 31.5 Å². The van der Waals surface area contributed by atoms with E-state index < -0.39 is 38.0 Å². The second kappa shape index (κ2) is 20.9. The summed E-state index contributed by atoms with van der Waals surface area (Å²) in [6, 6.07) is 0. The Morgan fingerprint density at radius 2 is 0.633 bits per heavy atom. The normalized spacial score (nSPS) is 18.7. The zero-order chi connectivity index (χ0) is 38.2. The average Bonchev–Trinajstić information content (AvgIpc) is 2.95. The quantitative estimate of drug-likeness (QED) is 0.0649. The summed E-state index contributed by atoms with van der Waals surface area (Å²) in [7, 11) is -9.62. The zero-order valence-electron chi connectivity index (χ0n) is 32.9. The van der Waals surface area contributed by atoms with Crippen molar-refractivity contribution in [2.45, 2.75) is 157 Å². The van der Waals surface area contributed by atoms with Gasteiger partial charge in [0.15, 0.2) is 0 Å². The maximum Gasteiger partial charge on any atom is 0.485 e. The predicted molar refractivity (Wildman–Crippen MR) is 210 cm³/mol. The van der Waals surface area contributed by atoms with Crippen LogP contribution in [-0.4, -0.2) is 22.4 Å².